The molecule has 1 heterocycles. The fourth-order valence-electron chi connectivity index (χ4n) is 1.91. The minimum atomic E-state index is -0.564. The third-order valence-corrected chi connectivity index (χ3v) is 3.59. The van der Waals surface area contributed by atoms with Crippen LogP contribution in [0.15, 0.2) is 29.0 Å². The number of nitrogens with one attached hydrogen (secondary N) is 1. The van der Waals surface area contributed by atoms with Gasteiger partial charge in [0.1, 0.15) is 17.5 Å². The molecule has 2 rings (SSSR count). The average Bonchev–Trinajstić information content (AvgIpc) is 2.87. The van der Waals surface area contributed by atoms with Gasteiger partial charge in [0, 0.05) is 18.0 Å². The third-order valence-electron chi connectivity index (χ3n) is 2.98. The molecule has 0 saturated carbocycles. The molecule has 3 nitrogen and oxygen atoms in total. The molecule has 1 aromatic carbocycles. The van der Waals surface area contributed by atoms with Crippen molar-refractivity contribution in [2.75, 3.05) is 6.54 Å². The third kappa shape index (κ3) is 3.43. The van der Waals surface area contributed by atoms with E-state index in [1.54, 1.807) is 17.0 Å². The van der Waals surface area contributed by atoms with Gasteiger partial charge in [0.2, 0.25) is 0 Å². The maximum atomic E-state index is 14.0. The highest BCUT2D eigenvalue weighted by Gasteiger charge is 2.14. The van der Waals surface area contributed by atoms with Crippen LogP contribution >= 0.6 is 15.9 Å². The molecule has 0 radical (unpaired) electrons. The Labute approximate surface area is 125 Å². The van der Waals surface area contributed by atoms with Gasteiger partial charge in [-0.1, -0.05) is 6.92 Å². The lowest BCUT2D eigenvalue weighted by Crippen LogP contribution is -2.18. The number of nitrogens with zero attached hydrogens (tertiary/aromatic N) is 2. The molecule has 1 N–H and O–H groups in total. The van der Waals surface area contributed by atoms with E-state index in [0.717, 1.165) is 18.8 Å². The Bertz CT molecular complexity index is 584. The van der Waals surface area contributed by atoms with Crippen LogP contribution in [0, 0.1) is 11.6 Å². The summed E-state index contributed by atoms with van der Waals surface area (Å²) < 4.78 is 29.7. The van der Waals surface area contributed by atoms with Crippen LogP contribution in [-0.4, -0.2) is 16.1 Å². The molecule has 0 aliphatic heterocycles. The van der Waals surface area contributed by atoms with E-state index in [9.17, 15) is 8.78 Å². The molecule has 2 aromatic rings. The molecule has 108 valence electrons. The highest BCUT2D eigenvalue weighted by molar-refractivity contribution is 9.10. The summed E-state index contributed by atoms with van der Waals surface area (Å²) in [5.74, 6) is -0.352. The number of halogens is 3. The first-order chi connectivity index (χ1) is 9.63. The molecule has 0 aliphatic carbocycles. The summed E-state index contributed by atoms with van der Waals surface area (Å²) in [6.07, 6.45) is 4.38. The van der Waals surface area contributed by atoms with Gasteiger partial charge in [-0.15, -0.1) is 0 Å². The summed E-state index contributed by atoms with van der Waals surface area (Å²) in [6, 6.07) is 2.63. The maximum absolute atomic E-state index is 14.0. The van der Waals surface area contributed by atoms with Crippen LogP contribution in [0.4, 0.5) is 8.78 Å². The van der Waals surface area contributed by atoms with Crippen LogP contribution in [0.5, 0.6) is 0 Å². The average molecular weight is 344 g/mol. The van der Waals surface area contributed by atoms with Crippen molar-refractivity contribution in [2.45, 2.75) is 26.4 Å². The molecule has 0 bridgehead atoms. The Kier molecular flexibility index (Phi) is 5.25. The second-order valence-corrected chi connectivity index (χ2v) is 5.32. The lowest BCUT2D eigenvalue weighted by Gasteiger charge is -2.11. The van der Waals surface area contributed by atoms with Crippen LogP contribution in [0.25, 0.3) is 0 Å². The summed E-state index contributed by atoms with van der Waals surface area (Å²) in [5.41, 5.74) is 0.0362. The van der Waals surface area contributed by atoms with Crippen LogP contribution in [0.3, 0.4) is 0 Å². The van der Waals surface area contributed by atoms with E-state index < -0.39 is 11.6 Å². The number of rotatable bonds is 6. The van der Waals surface area contributed by atoms with Crippen molar-refractivity contribution in [2.24, 2.45) is 0 Å². The standard InChI is InChI=1S/C14H16BrF2N3/c1-2-5-18-8-13-19-6-7-20(13)9-10-12(16)4-3-11(15)14(10)17/h3-4,6-7,18H,2,5,8-9H2,1H3. The molecule has 0 atom stereocenters. The summed E-state index contributed by atoms with van der Waals surface area (Å²) in [5, 5.41) is 3.22. The number of benzene rings is 1. The predicted molar refractivity (Wildman–Crippen MR) is 77.4 cm³/mol. The molecule has 1 aromatic heterocycles. The van der Waals surface area contributed by atoms with Gasteiger partial charge < -0.3 is 9.88 Å². The molecule has 0 aliphatic rings. The van der Waals surface area contributed by atoms with Gasteiger partial charge in [-0.2, -0.15) is 0 Å². The zero-order valence-corrected chi connectivity index (χ0v) is 12.8. The largest absolute Gasteiger partial charge is 0.329 e. The number of imidazole rings is 1. The lowest BCUT2D eigenvalue weighted by atomic mass is 10.2. The zero-order valence-electron chi connectivity index (χ0n) is 11.2. The predicted octanol–water partition coefficient (Wildman–Crippen LogP) is 3.47. The summed E-state index contributed by atoms with van der Waals surface area (Å²) in [4.78, 5) is 4.21. The topological polar surface area (TPSA) is 29.9 Å². The molecule has 0 fully saturated rings. The summed E-state index contributed by atoms with van der Waals surface area (Å²) in [7, 11) is 0. The van der Waals surface area contributed by atoms with Crippen molar-refractivity contribution in [3.05, 3.63) is 52.0 Å². The van der Waals surface area contributed by atoms with Crippen LogP contribution in [0.2, 0.25) is 0 Å². The second-order valence-electron chi connectivity index (χ2n) is 4.47. The van der Waals surface area contributed by atoms with Crippen molar-refractivity contribution in [1.29, 1.82) is 0 Å². The number of aromatic nitrogens is 2. The van der Waals surface area contributed by atoms with Gasteiger partial charge in [0.25, 0.3) is 0 Å². The zero-order chi connectivity index (χ0) is 14.5. The van der Waals surface area contributed by atoms with Crippen molar-refractivity contribution < 1.29 is 8.78 Å². The van der Waals surface area contributed by atoms with Gasteiger partial charge in [-0.25, -0.2) is 13.8 Å². The Hall–Kier alpha value is -1.27. The van der Waals surface area contributed by atoms with E-state index >= 15 is 0 Å². The first-order valence-corrected chi connectivity index (χ1v) is 7.26. The van der Waals surface area contributed by atoms with Crippen molar-refractivity contribution in [1.82, 2.24) is 14.9 Å². The molecule has 20 heavy (non-hydrogen) atoms. The molecule has 0 amide bonds. The fourth-order valence-corrected chi connectivity index (χ4v) is 2.28. The van der Waals surface area contributed by atoms with E-state index in [1.807, 2.05) is 0 Å². The quantitative estimate of drug-likeness (QED) is 0.642. The Morgan fingerprint density at radius 3 is 2.90 bits per heavy atom. The maximum Gasteiger partial charge on any atom is 0.145 e. The normalized spacial score (nSPS) is 11.0. The molecule has 0 unspecified atom stereocenters. The Morgan fingerprint density at radius 2 is 2.15 bits per heavy atom. The highest BCUT2D eigenvalue weighted by atomic mass is 79.9. The molecule has 6 heteroatoms. The molecule has 0 saturated heterocycles. The van der Waals surface area contributed by atoms with E-state index in [2.05, 4.69) is 33.2 Å². The first-order valence-electron chi connectivity index (χ1n) is 6.46. The van der Waals surface area contributed by atoms with E-state index in [4.69, 9.17) is 0 Å². The smallest absolute Gasteiger partial charge is 0.145 e. The first kappa shape index (κ1) is 15.1. The van der Waals surface area contributed by atoms with Crippen LogP contribution < -0.4 is 5.32 Å². The number of hydrogen-bond acceptors (Lipinski definition) is 2. The SMILES string of the molecule is CCCNCc1nccn1Cc1c(F)ccc(Br)c1F. The molecular formula is C14H16BrF2N3. The summed E-state index contributed by atoms with van der Waals surface area (Å²) >= 11 is 3.08. The lowest BCUT2D eigenvalue weighted by molar-refractivity contribution is 0.532. The molecule has 0 spiro atoms. The fraction of sp³-hybridized carbons (Fsp3) is 0.357. The summed E-state index contributed by atoms with van der Waals surface area (Å²) in [6.45, 7) is 3.66. The Balaban J connectivity index is 2.19. The van der Waals surface area contributed by atoms with Gasteiger partial charge in [-0.3, -0.25) is 0 Å². The molecular weight excluding hydrogens is 328 g/mol. The monoisotopic (exact) mass is 343 g/mol. The Morgan fingerprint density at radius 1 is 1.35 bits per heavy atom. The van der Waals surface area contributed by atoms with Crippen molar-refractivity contribution >= 4 is 15.9 Å². The van der Waals surface area contributed by atoms with Crippen molar-refractivity contribution in [3.63, 3.8) is 0 Å². The van der Waals surface area contributed by atoms with E-state index in [-0.39, 0.29) is 16.6 Å². The van der Waals surface area contributed by atoms with Crippen LogP contribution in [0.1, 0.15) is 24.7 Å². The van der Waals surface area contributed by atoms with E-state index in [1.165, 1.54) is 12.1 Å². The second kappa shape index (κ2) is 6.95. The van der Waals surface area contributed by atoms with Gasteiger partial charge in [-0.05, 0) is 41.0 Å². The van der Waals surface area contributed by atoms with E-state index in [0.29, 0.717) is 6.54 Å². The van der Waals surface area contributed by atoms with Crippen molar-refractivity contribution in [3.8, 4) is 0 Å². The number of hydrogen-bond donors (Lipinski definition) is 1. The minimum absolute atomic E-state index is 0.0362. The van der Waals surface area contributed by atoms with Gasteiger partial charge >= 0.3 is 0 Å². The highest BCUT2D eigenvalue weighted by Crippen LogP contribution is 2.22. The minimum Gasteiger partial charge on any atom is -0.329 e. The van der Waals surface area contributed by atoms with Gasteiger partial charge in [0.15, 0.2) is 0 Å². The van der Waals surface area contributed by atoms with Gasteiger partial charge in [0.05, 0.1) is 17.6 Å². The van der Waals surface area contributed by atoms with Crippen LogP contribution in [-0.2, 0) is 13.1 Å².